The van der Waals surface area contributed by atoms with E-state index in [1.54, 1.807) is 11.3 Å². The summed E-state index contributed by atoms with van der Waals surface area (Å²) in [5.74, 6) is 0.592. The number of hydrogen-bond acceptors (Lipinski definition) is 6. The van der Waals surface area contributed by atoms with Gasteiger partial charge in [0.05, 0.1) is 8.22 Å². The predicted octanol–water partition coefficient (Wildman–Crippen LogP) is 12.7. The van der Waals surface area contributed by atoms with Gasteiger partial charge in [0.25, 0.3) is 0 Å². The number of fused-ring (bicyclic) bond motifs is 9. The van der Waals surface area contributed by atoms with E-state index in [9.17, 15) is 4.11 Å². The van der Waals surface area contributed by atoms with E-state index in [4.69, 9.17) is 27.9 Å². The van der Waals surface area contributed by atoms with E-state index in [0.29, 0.717) is 39.2 Å². The van der Waals surface area contributed by atoms with Gasteiger partial charge in [-0.15, -0.1) is 11.3 Å². The van der Waals surface area contributed by atoms with Crippen LogP contribution < -0.4 is 0 Å². The number of nitrogens with zero attached hydrogens (tertiary/aromatic N) is 3. The van der Waals surface area contributed by atoms with Gasteiger partial charge in [-0.3, -0.25) is 0 Å². The summed E-state index contributed by atoms with van der Waals surface area (Å²) in [5, 5.41) is 3.88. The molecule has 0 atom stereocenters. The number of furan rings is 2. The molecule has 11 rings (SSSR count). The molecule has 11 aromatic rings. The quantitative estimate of drug-likeness (QED) is 0.185. The van der Waals surface area contributed by atoms with Crippen molar-refractivity contribution in [2.24, 2.45) is 0 Å². The summed E-state index contributed by atoms with van der Waals surface area (Å²) in [6.45, 7) is 0. The second-order valence-corrected chi connectivity index (χ2v) is 13.3. The predicted molar refractivity (Wildman–Crippen MR) is 209 cm³/mol. The van der Waals surface area contributed by atoms with Gasteiger partial charge in [0, 0.05) is 69.5 Å². The van der Waals surface area contributed by atoms with Gasteiger partial charge in [-0.2, -0.15) is 0 Å². The third-order valence-corrected chi connectivity index (χ3v) is 10.5. The van der Waals surface area contributed by atoms with Crippen LogP contribution in [0.4, 0.5) is 0 Å². The molecular formula is C45H25N3O2S. The van der Waals surface area contributed by atoms with Gasteiger partial charge >= 0.3 is 0 Å². The first-order chi connectivity index (χ1) is 27.8. The Bertz CT molecular complexity index is 3510. The van der Waals surface area contributed by atoms with Gasteiger partial charge in [0.1, 0.15) is 22.3 Å². The Labute approximate surface area is 303 Å². The third-order valence-electron chi connectivity index (χ3n) is 9.27. The Morgan fingerprint density at radius 1 is 0.471 bits per heavy atom. The van der Waals surface area contributed by atoms with Gasteiger partial charge in [-0.25, -0.2) is 15.0 Å². The highest BCUT2D eigenvalue weighted by molar-refractivity contribution is 7.26. The highest BCUT2D eigenvalue weighted by Gasteiger charge is 2.20. The van der Waals surface area contributed by atoms with E-state index in [2.05, 4.69) is 0 Å². The monoisotopic (exact) mass is 677 g/mol. The van der Waals surface area contributed by atoms with Crippen molar-refractivity contribution in [1.29, 1.82) is 0 Å². The molecule has 0 spiro atoms. The van der Waals surface area contributed by atoms with Crippen LogP contribution in [0.2, 0.25) is 0 Å². The molecule has 4 heterocycles. The summed E-state index contributed by atoms with van der Waals surface area (Å²) in [6, 6.07) is 34.8. The highest BCUT2D eigenvalue weighted by atomic mass is 32.1. The molecule has 0 saturated heterocycles. The lowest BCUT2D eigenvalue weighted by molar-refractivity contribution is 0.669. The minimum Gasteiger partial charge on any atom is -0.456 e. The van der Waals surface area contributed by atoms with Gasteiger partial charge in [0.2, 0.25) is 0 Å². The molecule has 0 amide bonds. The number of benzene rings is 7. The molecular weight excluding hydrogens is 647 g/mol. The Morgan fingerprint density at radius 2 is 1.20 bits per heavy atom. The Morgan fingerprint density at radius 3 is 2.12 bits per heavy atom. The SMILES string of the molecule is [2H]c1c([2H])c([2H])c2c(oc3c([2H])c(-c4nc(-c5ccccc5)nc(-c5cccc6oc7ccccc7c56)n4)c([2H])c([2H])c32)c1-c1cccc2c1sc1ccccc12. The maximum Gasteiger partial charge on any atom is 0.164 e. The van der Waals surface area contributed by atoms with Crippen molar-refractivity contribution in [1.82, 2.24) is 15.0 Å². The molecule has 6 heteroatoms. The minimum absolute atomic E-state index is 0.00163. The second-order valence-electron chi connectivity index (χ2n) is 12.2. The van der Waals surface area contributed by atoms with Crippen LogP contribution in [-0.4, -0.2) is 15.0 Å². The van der Waals surface area contributed by atoms with E-state index < -0.39 is 0 Å². The van der Waals surface area contributed by atoms with Crippen LogP contribution in [-0.2, 0) is 0 Å². The lowest BCUT2D eigenvalue weighted by Gasteiger charge is -2.09. The van der Waals surface area contributed by atoms with E-state index in [1.165, 1.54) is 0 Å². The third kappa shape index (κ3) is 4.37. The highest BCUT2D eigenvalue weighted by Crippen LogP contribution is 2.44. The molecule has 0 bridgehead atoms. The number of para-hydroxylation sites is 2. The van der Waals surface area contributed by atoms with E-state index in [1.807, 2.05) is 115 Å². The number of aromatic nitrogens is 3. The molecule has 0 N–H and O–H groups in total. The van der Waals surface area contributed by atoms with Crippen molar-refractivity contribution in [3.8, 4) is 45.3 Å². The molecule has 0 aliphatic rings. The molecule has 238 valence electrons. The molecule has 4 aromatic heterocycles. The van der Waals surface area contributed by atoms with E-state index >= 15 is 0 Å². The standard InChI is InChI=1S/C45H25N3O2S/c1-2-11-26(12-3-1)43-46-44(48-45(47-43)35-19-10-21-37-40(35)34-14-4-6-20-36(34)49-37)27-23-24-28-30-15-8-16-31(41(30)50-38(28)25-27)33-18-9-17-32-29-13-5-7-22-39(29)51-42(32)33/h1-25H/i8D,15D,16D,23D,24D,25D. The number of thiophene rings is 1. The molecule has 7 aromatic carbocycles. The normalized spacial score (nSPS) is 13.6. The zero-order valence-corrected chi connectivity index (χ0v) is 27.4. The topological polar surface area (TPSA) is 65.0 Å². The average Bonchev–Trinajstić information content (AvgIpc) is 3.95. The minimum atomic E-state index is -0.340. The number of rotatable bonds is 4. The molecule has 0 fully saturated rings. The average molecular weight is 678 g/mol. The van der Waals surface area contributed by atoms with Gasteiger partial charge < -0.3 is 8.83 Å². The maximum atomic E-state index is 9.60. The zero-order valence-electron chi connectivity index (χ0n) is 32.5. The molecule has 0 saturated carbocycles. The summed E-state index contributed by atoms with van der Waals surface area (Å²) >= 11 is 1.56. The Kier molecular flexibility index (Phi) is 4.91. The first-order valence-electron chi connectivity index (χ1n) is 19.4. The van der Waals surface area contributed by atoms with E-state index in [0.717, 1.165) is 30.9 Å². The first-order valence-corrected chi connectivity index (χ1v) is 17.2. The zero-order chi connectivity index (χ0) is 38.7. The number of hydrogen-bond donors (Lipinski definition) is 0. The summed E-state index contributed by atoms with van der Waals surface area (Å²) in [4.78, 5) is 14.6. The molecule has 0 radical (unpaired) electrons. The summed E-state index contributed by atoms with van der Waals surface area (Å²) in [7, 11) is 0. The largest absolute Gasteiger partial charge is 0.456 e. The van der Waals surface area contributed by atoms with Gasteiger partial charge in [-0.1, -0.05) is 121 Å². The van der Waals surface area contributed by atoms with Crippen LogP contribution in [0.3, 0.4) is 0 Å². The van der Waals surface area contributed by atoms with Crippen LogP contribution in [0.25, 0.3) is 109 Å². The van der Waals surface area contributed by atoms with Gasteiger partial charge in [0.15, 0.2) is 17.5 Å². The van der Waals surface area contributed by atoms with Crippen LogP contribution in [0.1, 0.15) is 8.22 Å². The summed E-state index contributed by atoms with van der Waals surface area (Å²) < 4.78 is 70.1. The lowest BCUT2D eigenvalue weighted by atomic mass is 10.00. The molecule has 0 aliphatic heterocycles. The maximum absolute atomic E-state index is 9.60. The molecule has 0 aliphatic carbocycles. The van der Waals surface area contributed by atoms with Gasteiger partial charge in [-0.05, 0) is 30.3 Å². The molecule has 0 unspecified atom stereocenters. The Hall–Kier alpha value is -6.63. The fourth-order valence-electron chi connectivity index (χ4n) is 6.95. The van der Waals surface area contributed by atoms with Crippen molar-refractivity contribution in [3.63, 3.8) is 0 Å². The lowest BCUT2D eigenvalue weighted by Crippen LogP contribution is -2.00. The smallest absolute Gasteiger partial charge is 0.164 e. The Balaban J connectivity index is 1.21. The van der Waals surface area contributed by atoms with Crippen molar-refractivity contribution in [2.45, 2.75) is 0 Å². The van der Waals surface area contributed by atoms with Crippen molar-refractivity contribution in [2.75, 3.05) is 0 Å². The fourth-order valence-corrected chi connectivity index (χ4v) is 8.17. The molecule has 51 heavy (non-hydrogen) atoms. The van der Waals surface area contributed by atoms with E-state index in [-0.39, 0.29) is 75.4 Å². The van der Waals surface area contributed by atoms with Crippen LogP contribution in [0, 0.1) is 0 Å². The molecule has 5 nitrogen and oxygen atoms in total. The van der Waals surface area contributed by atoms with Crippen molar-refractivity contribution >= 4 is 75.4 Å². The fraction of sp³-hybridized carbons (Fsp3) is 0. The summed E-state index contributed by atoms with van der Waals surface area (Å²) in [5.41, 5.74) is 3.65. The second kappa shape index (κ2) is 10.9. The van der Waals surface area contributed by atoms with Crippen molar-refractivity contribution < 1.29 is 17.1 Å². The van der Waals surface area contributed by atoms with Crippen LogP contribution in [0.15, 0.2) is 160 Å². The van der Waals surface area contributed by atoms with Crippen molar-refractivity contribution in [3.05, 3.63) is 152 Å². The van der Waals surface area contributed by atoms with Crippen LogP contribution >= 0.6 is 11.3 Å². The first kappa shape index (κ1) is 22.9. The van der Waals surface area contributed by atoms with Crippen LogP contribution in [0.5, 0.6) is 0 Å². The summed E-state index contributed by atoms with van der Waals surface area (Å²) in [6.07, 6.45) is 0.